The number of piperazine rings is 2. The number of hydrogen-bond donors (Lipinski definition) is 1. The van der Waals surface area contributed by atoms with Gasteiger partial charge in [0.2, 0.25) is 0 Å². The number of aliphatic imine (C=N–C) groups is 1. The molecule has 1 unspecified atom stereocenters. The molecule has 0 amide bonds. The Balaban J connectivity index is 0.00000243. The highest BCUT2D eigenvalue weighted by Crippen LogP contribution is 2.18. The Hall–Kier alpha value is -0.650. The van der Waals surface area contributed by atoms with Gasteiger partial charge in [-0.05, 0) is 13.0 Å². The first-order chi connectivity index (χ1) is 12.1. The van der Waals surface area contributed by atoms with E-state index in [1.54, 1.807) is 11.3 Å². The number of nitrogens with two attached hydrogens (primary N) is 1. The van der Waals surface area contributed by atoms with Crippen molar-refractivity contribution in [3.63, 3.8) is 0 Å². The lowest BCUT2D eigenvalue weighted by atomic mass is 10.1. The van der Waals surface area contributed by atoms with E-state index in [0.717, 1.165) is 44.4 Å². The first-order valence-corrected chi connectivity index (χ1v) is 10.1. The summed E-state index contributed by atoms with van der Waals surface area (Å²) >= 11 is 1.70. The molecule has 1 aromatic heterocycles. The van der Waals surface area contributed by atoms with Crippen LogP contribution in [0.1, 0.15) is 6.92 Å². The summed E-state index contributed by atoms with van der Waals surface area (Å²) in [5.41, 5.74) is 6.24. The maximum absolute atomic E-state index is 6.24. The number of hydrogen-bond acceptors (Lipinski definition) is 6. The summed E-state index contributed by atoms with van der Waals surface area (Å²) in [6.07, 6.45) is 1.87. The number of halogens is 1. The maximum Gasteiger partial charge on any atom is 0.191 e. The Kier molecular flexibility index (Phi) is 8.85. The van der Waals surface area contributed by atoms with Crippen LogP contribution in [0.4, 0.5) is 5.13 Å². The molecule has 0 spiro atoms. The largest absolute Gasteiger partial charge is 0.370 e. The topological polar surface area (TPSA) is 64.2 Å². The second kappa shape index (κ2) is 10.6. The van der Waals surface area contributed by atoms with E-state index >= 15 is 0 Å². The van der Waals surface area contributed by atoms with Crippen LogP contribution >= 0.6 is 35.3 Å². The molecule has 2 N–H and O–H groups in total. The smallest absolute Gasteiger partial charge is 0.191 e. The summed E-state index contributed by atoms with van der Waals surface area (Å²) in [7, 11) is 2.19. The van der Waals surface area contributed by atoms with E-state index in [1.807, 2.05) is 11.6 Å². The highest BCUT2D eigenvalue weighted by Gasteiger charge is 2.20. The molecule has 3 rings (SSSR count). The summed E-state index contributed by atoms with van der Waals surface area (Å²) in [5.74, 6) is 1.24. The molecular formula is C17H32IN7S. The number of guanidine groups is 1. The lowest BCUT2D eigenvalue weighted by Gasteiger charge is -2.35. The average Bonchev–Trinajstić information content (AvgIpc) is 3.16. The van der Waals surface area contributed by atoms with Gasteiger partial charge in [0, 0.05) is 77.0 Å². The molecule has 0 aliphatic carbocycles. The van der Waals surface area contributed by atoms with Gasteiger partial charge in [-0.25, -0.2) is 4.98 Å². The quantitative estimate of drug-likeness (QED) is 0.377. The zero-order valence-electron chi connectivity index (χ0n) is 15.9. The molecule has 9 heteroatoms. The zero-order valence-corrected chi connectivity index (χ0v) is 19.0. The molecule has 0 aromatic carbocycles. The second-order valence-electron chi connectivity index (χ2n) is 7.20. The van der Waals surface area contributed by atoms with Crippen molar-refractivity contribution < 1.29 is 0 Å². The van der Waals surface area contributed by atoms with Gasteiger partial charge in [-0.15, -0.1) is 35.3 Å². The molecule has 2 aliphatic rings. The molecule has 0 radical (unpaired) electrons. The van der Waals surface area contributed by atoms with Crippen LogP contribution in [0.25, 0.3) is 0 Å². The highest BCUT2D eigenvalue weighted by atomic mass is 127. The zero-order chi connectivity index (χ0) is 17.6. The fourth-order valence-electron chi connectivity index (χ4n) is 3.38. The third kappa shape index (κ3) is 6.21. The summed E-state index contributed by atoms with van der Waals surface area (Å²) in [6, 6.07) is 0. The number of thiazole rings is 1. The van der Waals surface area contributed by atoms with E-state index in [-0.39, 0.29) is 24.0 Å². The third-order valence-corrected chi connectivity index (χ3v) is 5.86. The monoisotopic (exact) mass is 493 g/mol. The summed E-state index contributed by atoms with van der Waals surface area (Å²) in [4.78, 5) is 18.5. The summed E-state index contributed by atoms with van der Waals surface area (Å²) < 4.78 is 0. The average molecular weight is 493 g/mol. The van der Waals surface area contributed by atoms with Crippen LogP contribution in [0.15, 0.2) is 16.6 Å². The normalized spacial score (nSPS) is 21.5. The van der Waals surface area contributed by atoms with Gasteiger partial charge in [-0.2, -0.15) is 0 Å². The minimum absolute atomic E-state index is 0. The van der Waals surface area contributed by atoms with E-state index in [1.165, 1.54) is 26.2 Å². The van der Waals surface area contributed by atoms with E-state index in [2.05, 4.69) is 43.5 Å². The molecule has 3 heterocycles. The summed E-state index contributed by atoms with van der Waals surface area (Å²) in [5, 5.41) is 3.13. The lowest BCUT2D eigenvalue weighted by molar-refractivity contribution is 0.140. The van der Waals surface area contributed by atoms with Crippen molar-refractivity contribution in [3.8, 4) is 0 Å². The molecule has 1 aromatic rings. The van der Waals surface area contributed by atoms with Crippen LogP contribution in [0.5, 0.6) is 0 Å². The van der Waals surface area contributed by atoms with E-state index in [0.29, 0.717) is 11.9 Å². The molecule has 0 bridgehead atoms. The van der Waals surface area contributed by atoms with E-state index < -0.39 is 0 Å². The maximum atomic E-state index is 6.24. The minimum Gasteiger partial charge on any atom is -0.370 e. The van der Waals surface area contributed by atoms with Crippen LogP contribution in [-0.2, 0) is 0 Å². The Labute approximate surface area is 178 Å². The standard InChI is InChI=1S/C17H31N7S.HI/c1-15(14-22-6-4-21(2)5-7-22)13-20-16(18)23-8-10-24(11-9-23)17-19-3-12-25-17;/h3,12,15H,4-11,13-14H2,1-2H3,(H2,18,20);1H. The number of aromatic nitrogens is 1. The van der Waals surface area contributed by atoms with Gasteiger partial charge in [-0.1, -0.05) is 6.92 Å². The van der Waals surface area contributed by atoms with Crippen LogP contribution in [0.2, 0.25) is 0 Å². The molecular weight excluding hydrogens is 461 g/mol. The molecule has 2 fully saturated rings. The van der Waals surface area contributed by atoms with Gasteiger partial charge >= 0.3 is 0 Å². The van der Waals surface area contributed by atoms with Crippen LogP contribution in [-0.4, -0.2) is 98.1 Å². The SMILES string of the molecule is CC(CN=C(N)N1CCN(c2nccs2)CC1)CN1CCN(C)CC1.I. The van der Waals surface area contributed by atoms with Crippen LogP contribution in [0, 0.1) is 5.92 Å². The van der Waals surface area contributed by atoms with Gasteiger partial charge in [0.25, 0.3) is 0 Å². The number of rotatable bonds is 5. The van der Waals surface area contributed by atoms with Crippen molar-refractivity contribution in [3.05, 3.63) is 11.6 Å². The van der Waals surface area contributed by atoms with Gasteiger partial charge in [0.1, 0.15) is 0 Å². The van der Waals surface area contributed by atoms with Gasteiger partial charge < -0.3 is 25.3 Å². The van der Waals surface area contributed by atoms with E-state index in [4.69, 9.17) is 5.73 Å². The fourth-order valence-corrected chi connectivity index (χ4v) is 4.07. The first kappa shape index (κ1) is 21.6. The van der Waals surface area contributed by atoms with Gasteiger partial charge in [0.05, 0.1) is 0 Å². The Morgan fingerprint density at radius 2 is 1.88 bits per heavy atom. The molecule has 7 nitrogen and oxygen atoms in total. The van der Waals surface area contributed by atoms with Crippen molar-refractivity contribution in [2.75, 3.05) is 77.4 Å². The van der Waals surface area contributed by atoms with Crippen molar-refractivity contribution >= 4 is 46.4 Å². The predicted octanol–water partition coefficient (Wildman–Crippen LogP) is 1.08. The molecule has 2 aliphatic heterocycles. The molecule has 2 saturated heterocycles. The molecule has 1 atom stereocenters. The molecule has 26 heavy (non-hydrogen) atoms. The Bertz CT molecular complexity index is 537. The number of likely N-dealkylation sites (N-methyl/N-ethyl adjacent to an activating group) is 1. The van der Waals surface area contributed by atoms with Crippen molar-refractivity contribution in [2.24, 2.45) is 16.6 Å². The molecule has 148 valence electrons. The number of nitrogens with zero attached hydrogens (tertiary/aromatic N) is 6. The highest BCUT2D eigenvalue weighted by molar-refractivity contribution is 14.0. The second-order valence-corrected chi connectivity index (χ2v) is 8.07. The predicted molar refractivity (Wildman–Crippen MR) is 121 cm³/mol. The number of anilines is 1. The molecule has 0 saturated carbocycles. The van der Waals surface area contributed by atoms with Crippen molar-refractivity contribution in [1.82, 2.24) is 19.7 Å². The Morgan fingerprint density at radius 1 is 1.19 bits per heavy atom. The third-order valence-electron chi connectivity index (χ3n) is 5.02. The van der Waals surface area contributed by atoms with E-state index in [9.17, 15) is 0 Å². The van der Waals surface area contributed by atoms with Crippen LogP contribution < -0.4 is 10.6 Å². The van der Waals surface area contributed by atoms with Crippen LogP contribution in [0.3, 0.4) is 0 Å². The van der Waals surface area contributed by atoms with Crippen molar-refractivity contribution in [2.45, 2.75) is 6.92 Å². The van der Waals surface area contributed by atoms with Gasteiger partial charge in [-0.3, -0.25) is 4.99 Å². The first-order valence-electron chi connectivity index (χ1n) is 9.22. The van der Waals surface area contributed by atoms with Gasteiger partial charge in [0.15, 0.2) is 11.1 Å². The minimum atomic E-state index is 0. The summed E-state index contributed by atoms with van der Waals surface area (Å²) in [6.45, 7) is 12.6. The van der Waals surface area contributed by atoms with Crippen molar-refractivity contribution in [1.29, 1.82) is 0 Å². The Morgan fingerprint density at radius 3 is 2.50 bits per heavy atom. The lowest BCUT2D eigenvalue weighted by Crippen LogP contribution is -2.51. The fraction of sp³-hybridized carbons (Fsp3) is 0.765.